The van der Waals surface area contributed by atoms with E-state index in [1.54, 1.807) is 22.2 Å². The monoisotopic (exact) mass is 360 g/mol. The summed E-state index contributed by atoms with van der Waals surface area (Å²) in [7, 11) is 0. The summed E-state index contributed by atoms with van der Waals surface area (Å²) < 4.78 is 1.67. The molecule has 1 aromatic carbocycles. The van der Waals surface area contributed by atoms with Gasteiger partial charge in [-0.25, -0.2) is 9.67 Å². The Labute approximate surface area is 155 Å². The SMILES string of the molecule is Cc1cccnc1NC(=O)c1cc(-c2cccs2)nn1-c1ccccc1. The predicted octanol–water partition coefficient (Wildman–Crippen LogP) is 4.56. The van der Waals surface area contributed by atoms with Crippen LogP contribution in [-0.2, 0) is 0 Å². The molecule has 0 spiro atoms. The van der Waals surface area contributed by atoms with Crippen LogP contribution in [0.3, 0.4) is 0 Å². The Morgan fingerprint density at radius 2 is 1.92 bits per heavy atom. The zero-order chi connectivity index (χ0) is 17.9. The maximum atomic E-state index is 12.9. The predicted molar refractivity (Wildman–Crippen MR) is 104 cm³/mol. The Hall–Kier alpha value is -3.25. The first-order valence-electron chi connectivity index (χ1n) is 8.15. The van der Waals surface area contributed by atoms with Crippen LogP contribution in [0.15, 0.2) is 72.2 Å². The molecular weight excluding hydrogens is 344 g/mol. The van der Waals surface area contributed by atoms with E-state index in [9.17, 15) is 4.79 Å². The number of pyridine rings is 1. The van der Waals surface area contributed by atoms with E-state index in [0.29, 0.717) is 11.5 Å². The van der Waals surface area contributed by atoms with Gasteiger partial charge in [-0.15, -0.1) is 11.3 Å². The van der Waals surface area contributed by atoms with Crippen LogP contribution in [-0.4, -0.2) is 20.7 Å². The highest BCUT2D eigenvalue weighted by Gasteiger charge is 2.19. The molecule has 0 aliphatic rings. The fraction of sp³-hybridized carbons (Fsp3) is 0.0500. The largest absolute Gasteiger partial charge is 0.305 e. The van der Waals surface area contributed by atoms with Gasteiger partial charge in [0.2, 0.25) is 0 Å². The molecule has 1 N–H and O–H groups in total. The molecule has 6 heteroatoms. The zero-order valence-corrected chi connectivity index (χ0v) is 14.9. The van der Waals surface area contributed by atoms with Crippen molar-refractivity contribution in [1.82, 2.24) is 14.8 Å². The van der Waals surface area contributed by atoms with Gasteiger partial charge in [0.15, 0.2) is 0 Å². The molecule has 0 fully saturated rings. The van der Waals surface area contributed by atoms with Crippen LogP contribution >= 0.6 is 11.3 Å². The van der Waals surface area contributed by atoms with Gasteiger partial charge < -0.3 is 5.32 Å². The van der Waals surface area contributed by atoms with Crippen molar-refractivity contribution < 1.29 is 4.79 Å². The summed E-state index contributed by atoms with van der Waals surface area (Å²) in [6, 6.07) is 19.2. The van der Waals surface area contributed by atoms with Crippen LogP contribution in [0.1, 0.15) is 16.1 Å². The third-order valence-electron chi connectivity index (χ3n) is 3.96. The van der Waals surface area contributed by atoms with Crippen LogP contribution in [0, 0.1) is 6.92 Å². The van der Waals surface area contributed by atoms with E-state index in [0.717, 1.165) is 21.8 Å². The van der Waals surface area contributed by atoms with Crippen molar-refractivity contribution in [2.45, 2.75) is 6.92 Å². The smallest absolute Gasteiger partial charge is 0.275 e. The molecule has 0 saturated carbocycles. The van der Waals surface area contributed by atoms with Gasteiger partial charge in [0.1, 0.15) is 17.2 Å². The average molecular weight is 360 g/mol. The molecule has 0 aliphatic heterocycles. The molecule has 4 aromatic rings. The first kappa shape index (κ1) is 16.2. The topological polar surface area (TPSA) is 59.8 Å². The number of nitrogens with one attached hydrogen (secondary N) is 1. The summed E-state index contributed by atoms with van der Waals surface area (Å²) in [5.41, 5.74) is 2.97. The number of nitrogens with zero attached hydrogens (tertiary/aromatic N) is 3. The number of thiophene rings is 1. The minimum absolute atomic E-state index is 0.244. The van der Waals surface area contributed by atoms with Gasteiger partial charge >= 0.3 is 0 Å². The molecule has 0 bridgehead atoms. The Morgan fingerprint density at radius 3 is 2.65 bits per heavy atom. The van der Waals surface area contributed by atoms with Crippen molar-refractivity contribution >= 4 is 23.1 Å². The Morgan fingerprint density at radius 1 is 1.08 bits per heavy atom. The van der Waals surface area contributed by atoms with Gasteiger partial charge in [-0.05, 0) is 48.2 Å². The van der Waals surface area contributed by atoms with Crippen LogP contribution < -0.4 is 5.32 Å². The summed E-state index contributed by atoms with van der Waals surface area (Å²) in [5.74, 6) is 0.307. The summed E-state index contributed by atoms with van der Waals surface area (Å²) >= 11 is 1.59. The third kappa shape index (κ3) is 3.14. The van der Waals surface area contributed by atoms with Gasteiger partial charge in [-0.1, -0.05) is 30.3 Å². The van der Waals surface area contributed by atoms with E-state index in [-0.39, 0.29) is 5.91 Å². The van der Waals surface area contributed by atoms with Crippen molar-refractivity contribution in [3.63, 3.8) is 0 Å². The van der Waals surface area contributed by atoms with Crippen LogP contribution in [0.25, 0.3) is 16.3 Å². The first-order valence-corrected chi connectivity index (χ1v) is 9.02. The molecule has 4 rings (SSSR count). The molecule has 0 atom stereocenters. The minimum atomic E-state index is -0.244. The highest BCUT2D eigenvalue weighted by Crippen LogP contribution is 2.26. The second-order valence-electron chi connectivity index (χ2n) is 5.76. The number of aryl methyl sites for hydroxylation is 1. The lowest BCUT2D eigenvalue weighted by Crippen LogP contribution is -2.18. The van der Waals surface area contributed by atoms with Crippen LogP contribution in [0.2, 0.25) is 0 Å². The number of hydrogen-bond donors (Lipinski definition) is 1. The summed E-state index contributed by atoms with van der Waals surface area (Å²) in [5, 5.41) is 9.54. The molecule has 3 heterocycles. The molecule has 0 saturated heterocycles. The maximum absolute atomic E-state index is 12.9. The van der Waals surface area contributed by atoms with E-state index in [1.165, 1.54) is 0 Å². The van der Waals surface area contributed by atoms with E-state index < -0.39 is 0 Å². The van der Waals surface area contributed by atoms with Crippen molar-refractivity contribution in [2.24, 2.45) is 0 Å². The van der Waals surface area contributed by atoms with Gasteiger partial charge in [-0.2, -0.15) is 5.10 Å². The number of para-hydroxylation sites is 1. The maximum Gasteiger partial charge on any atom is 0.275 e. The second kappa shape index (κ2) is 6.93. The summed E-state index contributed by atoms with van der Waals surface area (Å²) in [4.78, 5) is 18.2. The minimum Gasteiger partial charge on any atom is -0.305 e. The standard InChI is InChI=1S/C20H16N4OS/c1-14-7-5-11-21-19(14)22-20(25)17-13-16(18-10-6-12-26-18)23-24(17)15-8-3-2-4-9-15/h2-13H,1H3,(H,21,22,25). The van der Waals surface area contributed by atoms with Gasteiger partial charge in [0, 0.05) is 6.20 Å². The number of carbonyl (C=O) groups excluding carboxylic acids is 1. The number of rotatable bonds is 4. The average Bonchev–Trinajstić information content (AvgIpc) is 3.34. The van der Waals surface area contributed by atoms with Crippen molar-refractivity contribution in [1.29, 1.82) is 0 Å². The van der Waals surface area contributed by atoms with Crippen molar-refractivity contribution in [3.05, 3.63) is 83.5 Å². The molecule has 1 amide bonds. The van der Waals surface area contributed by atoms with E-state index in [2.05, 4.69) is 15.4 Å². The molecule has 0 aliphatic carbocycles. The van der Waals surface area contributed by atoms with Crippen molar-refractivity contribution in [3.8, 4) is 16.3 Å². The highest BCUT2D eigenvalue weighted by molar-refractivity contribution is 7.13. The fourth-order valence-corrected chi connectivity index (χ4v) is 3.32. The number of benzene rings is 1. The van der Waals surface area contributed by atoms with Crippen molar-refractivity contribution in [2.75, 3.05) is 5.32 Å². The number of hydrogen-bond acceptors (Lipinski definition) is 4. The van der Waals surface area contributed by atoms with Crippen LogP contribution in [0.4, 0.5) is 5.82 Å². The van der Waals surface area contributed by atoms with E-state index >= 15 is 0 Å². The lowest BCUT2D eigenvalue weighted by atomic mass is 10.2. The Bertz CT molecular complexity index is 1040. The normalized spacial score (nSPS) is 10.7. The lowest BCUT2D eigenvalue weighted by Gasteiger charge is -2.09. The third-order valence-corrected chi connectivity index (χ3v) is 4.85. The molecule has 128 valence electrons. The molecule has 0 radical (unpaired) electrons. The molecule has 5 nitrogen and oxygen atoms in total. The lowest BCUT2D eigenvalue weighted by molar-refractivity contribution is 0.101. The summed E-state index contributed by atoms with van der Waals surface area (Å²) in [6.45, 7) is 1.91. The van der Waals surface area contributed by atoms with Crippen LogP contribution in [0.5, 0.6) is 0 Å². The Kier molecular flexibility index (Phi) is 4.33. The zero-order valence-electron chi connectivity index (χ0n) is 14.1. The van der Waals surface area contributed by atoms with Gasteiger partial charge in [-0.3, -0.25) is 4.79 Å². The molecular formula is C20H16N4OS. The second-order valence-corrected chi connectivity index (χ2v) is 6.71. The van der Waals surface area contributed by atoms with E-state index in [1.807, 2.05) is 73.0 Å². The number of anilines is 1. The fourth-order valence-electron chi connectivity index (χ4n) is 2.64. The number of carbonyl (C=O) groups is 1. The van der Waals surface area contributed by atoms with Gasteiger partial charge in [0.25, 0.3) is 5.91 Å². The number of amides is 1. The number of aromatic nitrogens is 3. The molecule has 0 unspecified atom stereocenters. The molecule has 26 heavy (non-hydrogen) atoms. The summed E-state index contributed by atoms with van der Waals surface area (Å²) in [6.07, 6.45) is 1.66. The first-order chi connectivity index (χ1) is 12.7. The Balaban J connectivity index is 1.76. The van der Waals surface area contributed by atoms with Gasteiger partial charge in [0.05, 0.1) is 10.6 Å². The molecule has 3 aromatic heterocycles. The highest BCUT2D eigenvalue weighted by atomic mass is 32.1. The quantitative estimate of drug-likeness (QED) is 0.580. The van der Waals surface area contributed by atoms with E-state index in [4.69, 9.17) is 0 Å².